The fourth-order valence-corrected chi connectivity index (χ4v) is 5.75. The summed E-state index contributed by atoms with van der Waals surface area (Å²) in [6.07, 6.45) is 1.41. The number of benzene rings is 3. The van der Waals surface area contributed by atoms with E-state index in [-0.39, 0.29) is 43.5 Å². The zero-order chi connectivity index (χ0) is 37.5. The molecular formula is C39H49N5O8. The third-order valence-corrected chi connectivity index (χ3v) is 8.59. The minimum atomic E-state index is -1.27. The van der Waals surface area contributed by atoms with Crippen LogP contribution in [0, 0.1) is 5.92 Å². The van der Waals surface area contributed by atoms with Crippen LogP contribution in [-0.4, -0.2) is 81.6 Å². The van der Waals surface area contributed by atoms with Crippen LogP contribution in [0.25, 0.3) is 0 Å². The third kappa shape index (κ3) is 11.5. The molecule has 3 aromatic carbocycles. The number of aryl methyl sites for hydroxylation is 1. The second-order valence-corrected chi connectivity index (χ2v) is 12.8. The molecule has 1 aliphatic rings. The Hall–Kier alpha value is -5.59. The van der Waals surface area contributed by atoms with Crippen LogP contribution < -0.4 is 40.8 Å². The molecule has 3 aromatic rings. The Bertz CT molecular complexity index is 1680. The maximum absolute atomic E-state index is 13.6. The molecule has 0 unspecified atom stereocenters. The van der Waals surface area contributed by atoms with E-state index in [0.29, 0.717) is 36.5 Å². The van der Waals surface area contributed by atoms with Crippen molar-refractivity contribution in [3.63, 3.8) is 0 Å². The SMILES string of the molecule is COc1ccc(CCCNC(=O)[C@@H]2CC(=O)N[C@H](C(C)C)C(=O)N[C@@H](Cc3ccccc3)C(=O)NCCCOc3ccccc3C(=O)N2)cc1OC. The van der Waals surface area contributed by atoms with E-state index in [4.69, 9.17) is 14.2 Å². The molecule has 13 heteroatoms. The highest BCUT2D eigenvalue weighted by Crippen LogP contribution is 2.28. The summed E-state index contributed by atoms with van der Waals surface area (Å²) in [6.45, 7) is 4.24. The summed E-state index contributed by atoms with van der Waals surface area (Å²) in [5.41, 5.74) is 2.01. The molecule has 0 spiro atoms. The predicted molar refractivity (Wildman–Crippen MR) is 195 cm³/mol. The third-order valence-electron chi connectivity index (χ3n) is 8.59. The van der Waals surface area contributed by atoms with E-state index in [1.165, 1.54) is 0 Å². The normalized spacial score (nSPS) is 19.0. The number of carbonyl (C=O) groups is 5. The molecule has 0 saturated carbocycles. The van der Waals surface area contributed by atoms with Gasteiger partial charge in [-0.2, -0.15) is 0 Å². The maximum Gasteiger partial charge on any atom is 0.255 e. The Balaban J connectivity index is 1.53. The number of hydrogen-bond donors (Lipinski definition) is 5. The fraction of sp³-hybridized carbons (Fsp3) is 0.410. The standard InChI is InChI=1S/C39H49N5O8/c1-25(2)35-39(49)43-29(22-26-12-6-5-7-13-26)37(47)41-20-11-21-52-31-16-9-8-15-28(31)36(46)42-30(24-34(45)44-35)38(48)40-19-10-14-27-17-18-32(50-3)33(23-27)51-4/h5-9,12-13,15-18,23,25,29-30,35H,10-11,14,19-22,24H2,1-4H3,(H,40,48)(H,41,47)(H,42,46)(H,43,49)(H,44,45)/t29-,30-,35+/m0/s1. The van der Waals surface area contributed by atoms with Crippen LogP contribution in [0.3, 0.4) is 0 Å². The summed E-state index contributed by atoms with van der Waals surface area (Å²) in [4.78, 5) is 67.6. The average molecular weight is 716 g/mol. The van der Waals surface area contributed by atoms with E-state index in [2.05, 4.69) is 26.6 Å². The van der Waals surface area contributed by atoms with Crippen molar-refractivity contribution < 1.29 is 38.2 Å². The molecule has 52 heavy (non-hydrogen) atoms. The van der Waals surface area contributed by atoms with E-state index in [1.807, 2.05) is 48.5 Å². The highest BCUT2D eigenvalue weighted by atomic mass is 16.5. The Kier molecular flexibility index (Phi) is 14.9. The summed E-state index contributed by atoms with van der Waals surface area (Å²) in [5, 5.41) is 14.0. The number of fused-ring (bicyclic) bond motifs is 1. The summed E-state index contributed by atoms with van der Waals surface area (Å²) < 4.78 is 16.6. The molecule has 0 aromatic heterocycles. The van der Waals surface area contributed by atoms with Gasteiger partial charge in [-0.25, -0.2) is 0 Å². The second kappa shape index (κ2) is 19.7. The van der Waals surface area contributed by atoms with Gasteiger partial charge < -0.3 is 40.8 Å². The van der Waals surface area contributed by atoms with Crippen LogP contribution in [0.15, 0.2) is 72.8 Å². The number of hydrogen-bond acceptors (Lipinski definition) is 8. The van der Waals surface area contributed by atoms with Gasteiger partial charge in [-0.1, -0.05) is 62.4 Å². The van der Waals surface area contributed by atoms with Crippen LogP contribution in [0.4, 0.5) is 0 Å². The number of carbonyl (C=O) groups excluding carboxylic acids is 5. The van der Waals surface area contributed by atoms with Gasteiger partial charge in [0.05, 0.1) is 32.8 Å². The van der Waals surface area contributed by atoms with Crippen molar-refractivity contribution in [2.45, 2.75) is 64.1 Å². The highest BCUT2D eigenvalue weighted by Gasteiger charge is 2.31. The summed E-state index contributed by atoms with van der Waals surface area (Å²) in [7, 11) is 3.12. The molecule has 0 aliphatic carbocycles. The first-order valence-corrected chi connectivity index (χ1v) is 17.5. The molecule has 0 fully saturated rings. The van der Waals surface area contributed by atoms with Gasteiger partial charge in [0.2, 0.25) is 23.6 Å². The van der Waals surface area contributed by atoms with E-state index in [0.717, 1.165) is 11.1 Å². The first-order chi connectivity index (χ1) is 25.1. The molecule has 0 radical (unpaired) electrons. The summed E-state index contributed by atoms with van der Waals surface area (Å²) >= 11 is 0. The Morgan fingerprint density at radius 1 is 0.865 bits per heavy atom. The number of nitrogens with one attached hydrogen (secondary N) is 5. The minimum absolute atomic E-state index is 0.182. The molecule has 13 nitrogen and oxygen atoms in total. The molecule has 1 aliphatic heterocycles. The van der Waals surface area contributed by atoms with Gasteiger partial charge >= 0.3 is 0 Å². The van der Waals surface area contributed by atoms with Crippen molar-refractivity contribution in [3.8, 4) is 17.2 Å². The first-order valence-electron chi connectivity index (χ1n) is 17.5. The van der Waals surface area contributed by atoms with E-state index in [9.17, 15) is 24.0 Å². The minimum Gasteiger partial charge on any atom is -0.493 e. The van der Waals surface area contributed by atoms with Crippen LogP contribution in [0.5, 0.6) is 17.2 Å². The number of amides is 5. The van der Waals surface area contributed by atoms with Gasteiger partial charge in [-0.3, -0.25) is 24.0 Å². The molecule has 5 amide bonds. The van der Waals surface area contributed by atoms with Crippen LogP contribution in [0.2, 0.25) is 0 Å². The molecule has 0 saturated heterocycles. The smallest absolute Gasteiger partial charge is 0.255 e. The molecule has 1 heterocycles. The molecule has 0 bridgehead atoms. The van der Waals surface area contributed by atoms with Crippen molar-refractivity contribution in [1.82, 2.24) is 26.6 Å². The highest BCUT2D eigenvalue weighted by molar-refractivity contribution is 6.01. The maximum atomic E-state index is 13.6. The van der Waals surface area contributed by atoms with Crippen LogP contribution >= 0.6 is 0 Å². The predicted octanol–water partition coefficient (Wildman–Crippen LogP) is 2.71. The van der Waals surface area contributed by atoms with Gasteiger partial charge in [0.15, 0.2) is 11.5 Å². The largest absolute Gasteiger partial charge is 0.493 e. The van der Waals surface area contributed by atoms with Crippen molar-refractivity contribution in [3.05, 3.63) is 89.5 Å². The van der Waals surface area contributed by atoms with Crippen molar-refractivity contribution in [2.75, 3.05) is 33.9 Å². The molecule has 4 rings (SSSR count). The summed E-state index contributed by atoms with van der Waals surface area (Å²) in [5.74, 6) is -1.58. The number of para-hydroxylation sites is 1. The Morgan fingerprint density at radius 2 is 1.60 bits per heavy atom. The van der Waals surface area contributed by atoms with E-state index < -0.39 is 48.2 Å². The van der Waals surface area contributed by atoms with Gasteiger partial charge in [0.1, 0.15) is 23.9 Å². The quantitative estimate of drug-likeness (QED) is 0.200. The van der Waals surface area contributed by atoms with Gasteiger partial charge in [-0.05, 0) is 60.6 Å². The monoisotopic (exact) mass is 715 g/mol. The summed E-state index contributed by atoms with van der Waals surface area (Å²) in [6, 6.07) is 18.3. The zero-order valence-electron chi connectivity index (χ0n) is 30.2. The lowest BCUT2D eigenvalue weighted by molar-refractivity contribution is -0.133. The zero-order valence-corrected chi connectivity index (χ0v) is 30.2. The molecular weight excluding hydrogens is 666 g/mol. The topological polar surface area (TPSA) is 173 Å². The van der Waals surface area contributed by atoms with Gasteiger partial charge in [0.25, 0.3) is 5.91 Å². The Morgan fingerprint density at radius 3 is 2.33 bits per heavy atom. The van der Waals surface area contributed by atoms with Gasteiger partial charge in [-0.15, -0.1) is 0 Å². The lowest BCUT2D eigenvalue weighted by Crippen LogP contribution is -2.57. The molecule has 5 N–H and O–H groups in total. The Labute approximate surface area is 304 Å². The number of ether oxygens (including phenoxy) is 3. The van der Waals surface area contributed by atoms with Crippen molar-refractivity contribution in [1.29, 1.82) is 0 Å². The lowest BCUT2D eigenvalue weighted by atomic mass is 10.0. The van der Waals surface area contributed by atoms with E-state index in [1.54, 1.807) is 52.3 Å². The van der Waals surface area contributed by atoms with Crippen LogP contribution in [0.1, 0.15) is 54.6 Å². The average Bonchev–Trinajstić information content (AvgIpc) is 3.14. The second-order valence-electron chi connectivity index (χ2n) is 12.8. The first kappa shape index (κ1) is 39.2. The number of rotatable bonds is 10. The lowest BCUT2D eigenvalue weighted by Gasteiger charge is -2.26. The molecule has 3 atom stereocenters. The van der Waals surface area contributed by atoms with Crippen molar-refractivity contribution >= 4 is 29.5 Å². The molecule has 278 valence electrons. The van der Waals surface area contributed by atoms with E-state index >= 15 is 0 Å². The van der Waals surface area contributed by atoms with Crippen molar-refractivity contribution in [2.24, 2.45) is 5.92 Å². The van der Waals surface area contributed by atoms with Gasteiger partial charge in [0, 0.05) is 19.5 Å². The fourth-order valence-electron chi connectivity index (χ4n) is 5.75. The number of methoxy groups -OCH3 is 2. The van der Waals surface area contributed by atoms with Crippen LogP contribution in [-0.2, 0) is 32.0 Å².